The van der Waals surface area contributed by atoms with Crippen molar-refractivity contribution in [1.82, 2.24) is 5.32 Å². The molecule has 0 unspecified atom stereocenters. The number of hydrogen-bond acceptors (Lipinski definition) is 3. The van der Waals surface area contributed by atoms with Gasteiger partial charge in [-0.3, -0.25) is 4.79 Å². The van der Waals surface area contributed by atoms with E-state index in [0.717, 1.165) is 18.9 Å². The van der Waals surface area contributed by atoms with Crippen molar-refractivity contribution in [1.29, 1.82) is 0 Å². The van der Waals surface area contributed by atoms with Gasteiger partial charge in [-0.05, 0) is 24.8 Å². The molecular formula is C12H21NO2. The first-order valence-corrected chi connectivity index (χ1v) is 6.12. The van der Waals surface area contributed by atoms with Gasteiger partial charge in [0, 0.05) is 0 Å². The fraction of sp³-hybridized carbons (Fsp3) is 0.917. The average molecular weight is 211 g/mol. The smallest absolute Gasteiger partial charge is 0.322 e. The Morgan fingerprint density at radius 1 is 1.20 bits per heavy atom. The average Bonchev–Trinajstić information content (AvgIpc) is 2.78. The number of carbonyl (C=O) groups excluding carboxylic acids is 1. The van der Waals surface area contributed by atoms with Crippen molar-refractivity contribution in [2.24, 2.45) is 11.8 Å². The van der Waals surface area contributed by atoms with Crippen molar-refractivity contribution in [2.75, 3.05) is 13.7 Å². The zero-order valence-corrected chi connectivity index (χ0v) is 9.50. The summed E-state index contributed by atoms with van der Waals surface area (Å²) in [5.74, 6) is 1.46. The van der Waals surface area contributed by atoms with Gasteiger partial charge in [0.15, 0.2) is 0 Å². The molecule has 0 radical (unpaired) electrons. The molecule has 0 spiro atoms. The second-order valence-corrected chi connectivity index (χ2v) is 4.88. The summed E-state index contributed by atoms with van der Waals surface area (Å²) in [6, 6.07) is -0.0399. The first-order chi connectivity index (χ1) is 7.31. The van der Waals surface area contributed by atoms with Gasteiger partial charge in [-0.25, -0.2) is 0 Å². The highest BCUT2D eigenvalue weighted by Gasteiger charge is 2.34. The first-order valence-electron chi connectivity index (χ1n) is 6.12. The fourth-order valence-electron chi connectivity index (χ4n) is 3.05. The van der Waals surface area contributed by atoms with Crippen molar-refractivity contribution in [2.45, 2.75) is 44.6 Å². The lowest BCUT2D eigenvalue weighted by atomic mass is 9.79. The molecule has 2 fully saturated rings. The Morgan fingerprint density at radius 3 is 2.60 bits per heavy atom. The number of nitrogens with one attached hydrogen (secondary N) is 1. The summed E-state index contributed by atoms with van der Waals surface area (Å²) in [5.41, 5.74) is 0. The van der Waals surface area contributed by atoms with Crippen LogP contribution in [0.5, 0.6) is 0 Å². The molecule has 2 aliphatic rings. The molecule has 0 amide bonds. The second-order valence-electron chi connectivity index (χ2n) is 4.88. The van der Waals surface area contributed by atoms with E-state index >= 15 is 0 Å². The van der Waals surface area contributed by atoms with Crippen molar-refractivity contribution in [3.05, 3.63) is 0 Å². The maximum atomic E-state index is 11.4. The standard InChI is InChI=1S/C12H21NO2/c1-15-12(14)11-7-10(8-13-11)9-5-3-2-4-6-9/h9-11,13H,2-8H2,1H3/t10-,11+/m0/s1. The van der Waals surface area contributed by atoms with E-state index in [9.17, 15) is 4.79 Å². The second kappa shape index (κ2) is 4.97. The van der Waals surface area contributed by atoms with E-state index in [0.29, 0.717) is 5.92 Å². The molecule has 1 N–H and O–H groups in total. The Labute approximate surface area is 91.6 Å². The molecular weight excluding hydrogens is 190 g/mol. The van der Waals surface area contributed by atoms with Crippen LogP contribution in [0.15, 0.2) is 0 Å². The Bertz CT molecular complexity index is 224. The SMILES string of the molecule is COC(=O)[C@H]1C[C@H](C2CCCCC2)CN1. The lowest BCUT2D eigenvalue weighted by molar-refractivity contribution is -0.142. The van der Waals surface area contributed by atoms with Crippen LogP contribution in [-0.2, 0) is 9.53 Å². The molecule has 3 nitrogen and oxygen atoms in total. The van der Waals surface area contributed by atoms with Gasteiger partial charge in [0.1, 0.15) is 6.04 Å². The minimum atomic E-state index is -0.0895. The van der Waals surface area contributed by atoms with Crippen LogP contribution in [0.25, 0.3) is 0 Å². The van der Waals surface area contributed by atoms with Crippen molar-refractivity contribution in [3.63, 3.8) is 0 Å². The highest BCUT2D eigenvalue weighted by molar-refractivity contribution is 5.76. The molecule has 0 bridgehead atoms. The van der Waals surface area contributed by atoms with E-state index in [-0.39, 0.29) is 12.0 Å². The van der Waals surface area contributed by atoms with Gasteiger partial charge in [-0.2, -0.15) is 0 Å². The summed E-state index contributed by atoms with van der Waals surface area (Å²) in [5, 5.41) is 3.28. The summed E-state index contributed by atoms with van der Waals surface area (Å²) < 4.78 is 4.77. The number of rotatable bonds is 2. The van der Waals surface area contributed by atoms with Crippen LogP contribution in [0.2, 0.25) is 0 Å². The summed E-state index contributed by atoms with van der Waals surface area (Å²) in [6.45, 7) is 1.00. The van der Waals surface area contributed by atoms with E-state index in [2.05, 4.69) is 5.32 Å². The zero-order valence-electron chi connectivity index (χ0n) is 9.50. The molecule has 1 aliphatic carbocycles. The van der Waals surface area contributed by atoms with Gasteiger partial charge in [0.05, 0.1) is 7.11 Å². The van der Waals surface area contributed by atoms with Gasteiger partial charge in [0.2, 0.25) is 0 Å². The van der Waals surface area contributed by atoms with Gasteiger partial charge in [0.25, 0.3) is 0 Å². The van der Waals surface area contributed by atoms with E-state index in [4.69, 9.17) is 4.74 Å². The van der Waals surface area contributed by atoms with Gasteiger partial charge < -0.3 is 10.1 Å². The third-order valence-electron chi connectivity index (χ3n) is 3.97. The molecule has 1 saturated carbocycles. The van der Waals surface area contributed by atoms with Crippen LogP contribution in [0, 0.1) is 11.8 Å². The highest BCUT2D eigenvalue weighted by atomic mass is 16.5. The summed E-state index contributed by atoms with van der Waals surface area (Å²) in [6.07, 6.45) is 7.86. The molecule has 3 heteroatoms. The normalized spacial score (nSPS) is 32.9. The van der Waals surface area contributed by atoms with Crippen molar-refractivity contribution in [3.8, 4) is 0 Å². The number of hydrogen-bond donors (Lipinski definition) is 1. The predicted octanol–water partition coefficient (Wildman–Crippen LogP) is 1.72. The number of carbonyl (C=O) groups is 1. The minimum absolute atomic E-state index is 0.0399. The number of ether oxygens (including phenoxy) is 1. The molecule has 0 aromatic carbocycles. The number of esters is 1. The van der Waals surface area contributed by atoms with Gasteiger partial charge in [-0.15, -0.1) is 0 Å². The topological polar surface area (TPSA) is 38.3 Å². The maximum absolute atomic E-state index is 11.4. The molecule has 2 atom stereocenters. The van der Waals surface area contributed by atoms with Crippen LogP contribution in [-0.4, -0.2) is 25.7 Å². The van der Waals surface area contributed by atoms with Crippen molar-refractivity contribution >= 4 is 5.97 Å². The first kappa shape index (κ1) is 10.9. The lowest BCUT2D eigenvalue weighted by Crippen LogP contribution is -2.31. The predicted molar refractivity (Wildman–Crippen MR) is 58.5 cm³/mol. The molecule has 15 heavy (non-hydrogen) atoms. The van der Waals surface area contributed by atoms with Crippen molar-refractivity contribution < 1.29 is 9.53 Å². The minimum Gasteiger partial charge on any atom is -0.468 e. The third kappa shape index (κ3) is 2.51. The molecule has 1 aliphatic heterocycles. The molecule has 86 valence electrons. The molecule has 0 aromatic rings. The monoisotopic (exact) mass is 211 g/mol. The van der Waals surface area contributed by atoms with E-state index in [1.165, 1.54) is 39.2 Å². The summed E-state index contributed by atoms with van der Waals surface area (Å²) in [4.78, 5) is 11.4. The Kier molecular flexibility index (Phi) is 3.62. The van der Waals surface area contributed by atoms with Gasteiger partial charge in [-0.1, -0.05) is 32.1 Å². The fourth-order valence-corrected chi connectivity index (χ4v) is 3.05. The molecule has 0 aromatic heterocycles. The van der Waals surface area contributed by atoms with Gasteiger partial charge >= 0.3 is 5.97 Å². The molecule has 1 saturated heterocycles. The van der Waals surface area contributed by atoms with E-state index < -0.39 is 0 Å². The maximum Gasteiger partial charge on any atom is 0.322 e. The largest absolute Gasteiger partial charge is 0.468 e. The summed E-state index contributed by atoms with van der Waals surface area (Å²) in [7, 11) is 1.47. The van der Waals surface area contributed by atoms with E-state index in [1.54, 1.807) is 0 Å². The number of methoxy groups -OCH3 is 1. The van der Waals surface area contributed by atoms with Crippen LogP contribution >= 0.6 is 0 Å². The third-order valence-corrected chi connectivity index (χ3v) is 3.97. The zero-order chi connectivity index (χ0) is 10.7. The lowest BCUT2D eigenvalue weighted by Gasteiger charge is -2.26. The Hall–Kier alpha value is -0.570. The molecule has 2 rings (SSSR count). The Morgan fingerprint density at radius 2 is 1.93 bits per heavy atom. The van der Waals surface area contributed by atoms with E-state index in [1.807, 2.05) is 0 Å². The highest BCUT2D eigenvalue weighted by Crippen LogP contribution is 2.34. The van der Waals surface area contributed by atoms with Crippen LogP contribution in [0.4, 0.5) is 0 Å². The van der Waals surface area contributed by atoms with Crippen LogP contribution in [0.1, 0.15) is 38.5 Å². The summed E-state index contributed by atoms with van der Waals surface area (Å²) >= 11 is 0. The Balaban J connectivity index is 1.83. The van der Waals surface area contributed by atoms with Crippen LogP contribution in [0.3, 0.4) is 0 Å². The molecule has 1 heterocycles. The quantitative estimate of drug-likeness (QED) is 0.707. The van der Waals surface area contributed by atoms with Crippen LogP contribution < -0.4 is 5.32 Å².